The fourth-order valence-corrected chi connectivity index (χ4v) is 3.13. The van der Waals surface area contributed by atoms with Crippen LogP contribution in [0.25, 0.3) is 0 Å². The van der Waals surface area contributed by atoms with Crippen LogP contribution in [0.2, 0.25) is 0 Å². The van der Waals surface area contributed by atoms with Crippen molar-refractivity contribution in [2.24, 2.45) is 0 Å². The van der Waals surface area contributed by atoms with Gasteiger partial charge in [-0.1, -0.05) is 19.1 Å². The summed E-state index contributed by atoms with van der Waals surface area (Å²) >= 11 is 5.46. The van der Waals surface area contributed by atoms with Gasteiger partial charge in [0.15, 0.2) is 0 Å². The van der Waals surface area contributed by atoms with Crippen LogP contribution in [-0.2, 0) is 6.54 Å². The zero-order chi connectivity index (χ0) is 12.8. The van der Waals surface area contributed by atoms with Crippen molar-refractivity contribution in [3.63, 3.8) is 0 Å². The van der Waals surface area contributed by atoms with Crippen LogP contribution in [0.15, 0.2) is 22.7 Å². The summed E-state index contributed by atoms with van der Waals surface area (Å²) < 4.78 is 1.03. The van der Waals surface area contributed by atoms with Crippen molar-refractivity contribution in [1.29, 1.82) is 0 Å². The molecule has 1 aromatic carbocycles. The summed E-state index contributed by atoms with van der Waals surface area (Å²) in [5.74, 6) is 1.17. The summed E-state index contributed by atoms with van der Waals surface area (Å²) in [4.78, 5) is 2.40. The highest BCUT2D eigenvalue weighted by Crippen LogP contribution is 2.25. The number of rotatable bonds is 6. The number of benzene rings is 1. The van der Waals surface area contributed by atoms with E-state index in [0.29, 0.717) is 6.04 Å². The van der Waals surface area contributed by atoms with Crippen molar-refractivity contribution in [1.82, 2.24) is 4.90 Å². The Morgan fingerprint density at radius 1 is 1.47 bits per heavy atom. The number of nitrogen functional groups attached to an aromatic ring is 1. The van der Waals surface area contributed by atoms with Crippen LogP contribution >= 0.6 is 27.7 Å². The van der Waals surface area contributed by atoms with E-state index in [1.54, 1.807) is 0 Å². The maximum absolute atomic E-state index is 5.89. The van der Waals surface area contributed by atoms with Gasteiger partial charge in [0.05, 0.1) is 0 Å². The predicted molar refractivity (Wildman–Crippen MR) is 82.5 cm³/mol. The summed E-state index contributed by atoms with van der Waals surface area (Å²) in [5.41, 5.74) is 7.96. The molecule has 17 heavy (non-hydrogen) atoms. The minimum atomic E-state index is 0.623. The molecule has 96 valence electrons. The van der Waals surface area contributed by atoms with E-state index in [1.165, 1.54) is 17.7 Å². The molecule has 0 saturated heterocycles. The molecule has 1 atom stereocenters. The molecule has 0 spiro atoms. The van der Waals surface area contributed by atoms with Gasteiger partial charge in [-0.25, -0.2) is 0 Å². The first kappa shape index (κ1) is 14.9. The monoisotopic (exact) mass is 316 g/mol. The molecule has 0 bridgehead atoms. The second-order valence-electron chi connectivity index (χ2n) is 4.25. The van der Waals surface area contributed by atoms with Gasteiger partial charge in [-0.2, -0.15) is 11.8 Å². The largest absolute Gasteiger partial charge is 0.398 e. The molecule has 1 rings (SSSR count). The lowest BCUT2D eigenvalue weighted by molar-refractivity contribution is 0.247. The second kappa shape index (κ2) is 7.29. The van der Waals surface area contributed by atoms with Gasteiger partial charge in [-0.3, -0.25) is 4.90 Å². The molecule has 0 amide bonds. The molecule has 0 fully saturated rings. The number of hydrogen-bond acceptors (Lipinski definition) is 3. The third kappa shape index (κ3) is 4.19. The first-order chi connectivity index (χ1) is 8.10. The van der Waals surface area contributed by atoms with Crippen LogP contribution in [0.3, 0.4) is 0 Å². The maximum Gasteiger partial charge on any atom is 0.0461 e. The number of anilines is 1. The number of nitrogens with two attached hydrogens (primary N) is 1. The third-order valence-electron chi connectivity index (χ3n) is 2.98. The fraction of sp³-hybridized carbons (Fsp3) is 0.538. The normalized spacial score (nSPS) is 13.0. The van der Waals surface area contributed by atoms with Crippen LogP contribution in [0.5, 0.6) is 0 Å². The predicted octanol–water partition coefficient (Wildman–Crippen LogP) is 3.60. The molecule has 0 aliphatic rings. The molecule has 0 aromatic heterocycles. The van der Waals surface area contributed by atoms with Gasteiger partial charge in [0.25, 0.3) is 0 Å². The highest BCUT2D eigenvalue weighted by molar-refractivity contribution is 9.10. The Bertz CT molecular complexity index is 357. The topological polar surface area (TPSA) is 29.3 Å². The van der Waals surface area contributed by atoms with Crippen LogP contribution in [0, 0.1) is 0 Å². The number of halogens is 1. The highest BCUT2D eigenvalue weighted by atomic mass is 79.9. The Labute approximate surface area is 117 Å². The Kier molecular flexibility index (Phi) is 6.38. The van der Waals surface area contributed by atoms with E-state index in [1.807, 2.05) is 23.9 Å². The first-order valence-electron chi connectivity index (χ1n) is 5.82. The van der Waals surface area contributed by atoms with Gasteiger partial charge in [0.1, 0.15) is 0 Å². The van der Waals surface area contributed by atoms with E-state index < -0.39 is 0 Å². The Morgan fingerprint density at radius 3 is 2.76 bits per heavy atom. The standard InChI is InChI=1S/C13H21BrN2S/c1-4-11(9-17-3)16(2)8-10-6-5-7-12(15)13(10)14/h5-7,11H,4,8-9,15H2,1-3H3. The van der Waals surface area contributed by atoms with Crippen molar-refractivity contribution in [2.45, 2.75) is 25.9 Å². The molecule has 0 aliphatic carbocycles. The van der Waals surface area contributed by atoms with Crippen LogP contribution < -0.4 is 5.73 Å². The van der Waals surface area contributed by atoms with Crippen molar-refractivity contribution in [3.05, 3.63) is 28.2 Å². The molecule has 4 heteroatoms. The maximum atomic E-state index is 5.89. The first-order valence-corrected chi connectivity index (χ1v) is 8.00. The molecule has 0 aliphatic heterocycles. The van der Waals surface area contributed by atoms with Crippen LogP contribution in [0.1, 0.15) is 18.9 Å². The molecule has 2 N–H and O–H groups in total. The van der Waals surface area contributed by atoms with Crippen molar-refractivity contribution >= 4 is 33.4 Å². The van der Waals surface area contributed by atoms with Gasteiger partial charge in [0, 0.05) is 28.5 Å². The highest BCUT2D eigenvalue weighted by Gasteiger charge is 2.14. The summed E-state index contributed by atoms with van der Waals surface area (Å²) in [6.45, 7) is 3.18. The number of hydrogen-bond donors (Lipinski definition) is 1. The van der Waals surface area contributed by atoms with Gasteiger partial charge in [-0.05, 0) is 47.3 Å². The Balaban J connectivity index is 2.72. The molecular weight excluding hydrogens is 296 g/mol. The second-order valence-corrected chi connectivity index (χ2v) is 5.96. The minimum Gasteiger partial charge on any atom is -0.398 e. The molecule has 0 heterocycles. The average molecular weight is 317 g/mol. The van der Waals surface area contributed by atoms with E-state index in [0.717, 1.165) is 16.7 Å². The van der Waals surface area contributed by atoms with Crippen molar-refractivity contribution < 1.29 is 0 Å². The van der Waals surface area contributed by atoms with Gasteiger partial charge in [0.2, 0.25) is 0 Å². The lowest BCUT2D eigenvalue weighted by Gasteiger charge is -2.27. The van der Waals surface area contributed by atoms with E-state index in [2.05, 4.69) is 47.1 Å². The molecular formula is C13H21BrN2S. The average Bonchev–Trinajstić information content (AvgIpc) is 2.31. The van der Waals surface area contributed by atoms with Gasteiger partial charge >= 0.3 is 0 Å². The smallest absolute Gasteiger partial charge is 0.0461 e. The molecule has 1 unspecified atom stereocenters. The third-order valence-corrected chi connectivity index (χ3v) is 4.67. The van der Waals surface area contributed by atoms with Gasteiger partial charge < -0.3 is 5.73 Å². The lowest BCUT2D eigenvalue weighted by Crippen LogP contribution is -2.32. The van der Waals surface area contributed by atoms with E-state index in [9.17, 15) is 0 Å². The van der Waals surface area contributed by atoms with Gasteiger partial charge in [-0.15, -0.1) is 0 Å². The SMILES string of the molecule is CCC(CSC)N(C)Cc1cccc(N)c1Br. The summed E-state index contributed by atoms with van der Waals surface area (Å²) in [6.07, 6.45) is 3.34. The summed E-state index contributed by atoms with van der Waals surface area (Å²) in [5, 5.41) is 0. The van der Waals surface area contributed by atoms with Crippen LogP contribution in [-0.4, -0.2) is 30.0 Å². The zero-order valence-electron chi connectivity index (χ0n) is 10.7. The molecule has 1 aromatic rings. The lowest BCUT2D eigenvalue weighted by atomic mass is 10.1. The fourth-order valence-electron chi connectivity index (χ4n) is 1.87. The van der Waals surface area contributed by atoms with E-state index in [-0.39, 0.29) is 0 Å². The molecule has 0 radical (unpaired) electrons. The Hall–Kier alpha value is -0.190. The number of nitrogens with zero attached hydrogens (tertiary/aromatic N) is 1. The summed E-state index contributed by atoms with van der Waals surface area (Å²) in [7, 11) is 2.18. The van der Waals surface area contributed by atoms with E-state index >= 15 is 0 Å². The number of thioether (sulfide) groups is 1. The Morgan fingerprint density at radius 2 is 2.18 bits per heavy atom. The quantitative estimate of drug-likeness (QED) is 0.813. The molecule has 0 saturated carbocycles. The van der Waals surface area contributed by atoms with E-state index in [4.69, 9.17) is 5.73 Å². The zero-order valence-corrected chi connectivity index (χ0v) is 13.1. The molecule has 2 nitrogen and oxygen atoms in total. The van der Waals surface area contributed by atoms with Crippen LogP contribution in [0.4, 0.5) is 5.69 Å². The van der Waals surface area contributed by atoms with Crippen molar-refractivity contribution in [2.75, 3.05) is 24.8 Å². The summed E-state index contributed by atoms with van der Waals surface area (Å²) in [6, 6.07) is 6.69. The van der Waals surface area contributed by atoms with Crippen molar-refractivity contribution in [3.8, 4) is 0 Å². The minimum absolute atomic E-state index is 0.623.